The van der Waals surface area contributed by atoms with E-state index in [1.54, 1.807) is 19.1 Å². The van der Waals surface area contributed by atoms with Crippen molar-refractivity contribution < 1.29 is 4.79 Å². The lowest BCUT2D eigenvalue weighted by Crippen LogP contribution is -2.34. The first-order chi connectivity index (χ1) is 9.06. The highest BCUT2D eigenvalue weighted by Crippen LogP contribution is 2.09. The molecule has 1 unspecified atom stereocenters. The number of nitrogens with two attached hydrogens (primary N) is 2. The summed E-state index contributed by atoms with van der Waals surface area (Å²) in [6, 6.07) is 4.58. The summed E-state index contributed by atoms with van der Waals surface area (Å²) in [4.78, 5) is 22.1. The van der Waals surface area contributed by atoms with Crippen molar-refractivity contribution in [3.05, 3.63) is 23.9 Å². The molecule has 1 rings (SSSR count). The summed E-state index contributed by atoms with van der Waals surface area (Å²) in [6.45, 7) is 1.67. The van der Waals surface area contributed by atoms with Crippen LogP contribution in [-0.2, 0) is 4.79 Å². The summed E-state index contributed by atoms with van der Waals surface area (Å²) in [6.07, 6.45) is 1.78. The third-order valence-electron chi connectivity index (χ3n) is 1.96. The minimum atomic E-state index is -0.496. The van der Waals surface area contributed by atoms with Gasteiger partial charge >= 0.3 is 0 Å². The lowest BCUT2D eigenvalue weighted by atomic mass is 10.3. The Balaban J connectivity index is 3.04. The molecule has 98 valence electrons. The van der Waals surface area contributed by atoms with Crippen LogP contribution in [0.2, 0.25) is 0 Å². The van der Waals surface area contributed by atoms with Crippen LogP contribution in [0.15, 0.2) is 28.3 Å². The molecule has 1 atom stereocenters. The molecule has 0 fully saturated rings. The number of pyridine rings is 1. The summed E-state index contributed by atoms with van der Waals surface area (Å²) >= 11 is 0. The average Bonchev–Trinajstić information content (AvgIpc) is 2.39. The normalized spacial score (nSPS) is 13.5. The maximum absolute atomic E-state index is 10.2. The van der Waals surface area contributed by atoms with Gasteiger partial charge in [0.15, 0.2) is 11.7 Å². The van der Waals surface area contributed by atoms with E-state index in [2.05, 4.69) is 20.3 Å². The summed E-state index contributed by atoms with van der Waals surface area (Å²) in [5.41, 5.74) is 11.5. The number of amides is 1. The lowest BCUT2D eigenvalue weighted by molar-refractivity contribution is -0.108. The molecule has 8 heteroatoms. The molecule has 5 N–H and O–H groups in total. The number of rotatable bonds is 3. The average molecular weight is 259 g/mol. The van der Waals surface area contributed by atoms with Crippen LogP contribution in [0.5, 0.6) is 0 Å². The molecule has 1 amide bonds. The monoisotopic (exact) mass is 259 g/mol. The smallest absolute Gasteiger partial charge is 0.213 e. The predicted molar refractivity (Wildman–Crippen MR) is 70.5 cm³/mol. The molecule has 19 heavy (non-hydrogen) atoms. The van der Waals surface area contributed by atoms with Crippen molar-refractivity contribution in [2.45, 2.75) is 13.0 Å². The number of carbonyl (C=O) groups is 1. The molecule has 0 aliphatic heterocycles. The Morgan fingerprint density at radius 2 is 2.37 bits per heavy atom. The number of aliphatic imine (C=N–C) groups is 2. The van der Waals surface area contributed by atoms with Gasteiger partial charge in [-0.2, -0.15) is 10.3 Å². The van der Waals surface area contributed by atoms with Crippen LogP contribution in [0.25, 0.3) is 0 Å². The van der Waals surface area contributed by atoms with Crippen molar-refractivity contribution in [3.63, 3.8) is 0 Å². The van der Waals surface area contributed by atoms with Crippen LogP contribution >= 0.6 is 0 Å². The molecule has 1 aromatic rings. The number of guanidine groups is 1. The van der Waals surface area contributed by atoms with Crippen molar-refractivity contribution >= 4 is 24.0 Å². The van der Waals surface area contributed by atoms with Crippen LogP contribution in [0.3, 0.4) is 0 Å². The molecule has 1 heterocycles. The molecule has 0 spiro atoms. The van der Waals surface area contributed by atoms with Crippen molar-refractivity contribution in [2.24, 2.45) is 21.5 Å². The van der Waals surface area contributed by atoms with Gasteiger partial charge in [-0.05, 0) is 19.1 Å². The van der Waals surface area contributed by atoms with Crippen LogP contribution in [0.1, 0.15) is 12.5 Å². The summed E-state index contributed by atoms with van der Waals surface area (Å²) in [7, 11) is 0. The van der Waals surface area contributed by atoms with E-state index in [1.807, 2.05) is 6.07 Å². The Morgan fingerprint density at radius 1 is 1.63 bits per heavy atom. The van der Waals surface area contributed by atoms with Crippen LogP contribution in [-0.4, -0.2) is 29.2 Å². The standard InChI is InChI=1S/C11H13N7O/c1-7(13)10(18-11(14)16-6-19)17-9-3-2-8(4-12)5-15-9/h2-3,5-7H,13H2,1H3,(H3,14,15,16,17,18,19). The second kappa shape index (κ2) is 6.83. The van der Waals surface area contributed by atoms with Gasteiger partial charge in [0.05, 0.1) is 11.6 Å². The Bertz CT molecular complexity index is 539. The van der Waals surface area contributed by atoms with E-state index < -0.39 is 6.04 Å². The molecular formula is C11H13N7O. The Hall–Kier alpha value is -2.79. The quantitative estimate of drug-likeness (QED) is 0.377. The fourth-order valence-corrected chi connectivity index (χ4v) is 1.08. The first kappa shape index (κ1) is 14.3. The van der Waals surface area contributed by atoms with Crippen LogP contribution in [0, 0.1) is 11.3 Å². The number of amidine groups is 1. The molecule has 0 bridgehead atoms. The van der Waals surface area contributed by atoms with E-state index in [9.17, 15) is 4.79 Å². The third-order valence-corrected chi connectivity index (χ3v) is 1.96. The number of nitrogens with one attached hydrogen (secondary N) is 1. The number of nitriles is 1. The Labute approximate surface area is 109 Å². The third kappa shape index (κ3) is 4.53. The first-order valence-corrected chi connectivity index (χ1v) is 5.31. The molecule has 0 saturated carbocycles. The van der Waals surface area contributed by atoms with Gasteiger partial charge in [0.2, 0.25) is 12.4 Å². The van der Waals surface area contributed by atoms with E-state index in [4.69, 9.17) is 16.7 Å². The van der Waals surface area contributed by atoms with E-state index in [1.165, 1.54) is 6.20 Å². The fourth-order valence-electron chi connectivity index (χ4n) is 1.08. The summed E-state index contributed by atoms with van der Waals surface area (Å²) in [5.74, 6) is 0.442. The molecule has 0 aromatic carbocycles. The van der Waals surface area contributed by atoms with Gasteiger partial charge < -0.3 is 11.5 Å². The zero-order valence-electron chi connectivity index (χ0n) is 10.2. The molecule has 1 aromatic heterocycles. The number of hydrogen-bond donors (Lipinski definition) is 3. The highest BCUT2D eigenvalue weighted by atomic mass is 16.1. The topological polar surface area (TPSA) is 143 Å². The predicted octanol–water partition coefficient (Wildman–Crippen LogP) is -0.609. The van der Waals surface area contributed by atoms with Crippen LogP contribution in [0.4, 0.5) is 5.82 Å². The number of aromatic nitrogens is 1. The van der Waals surface area contributed by atoms with Gasteiger partial charge in [-0.25, -0.2) is 9.98 Å². The highest BCUT2D eigenvalue weighted by Gasteiger charge is 2.06. The van der Waals surface area contributed by atoms with Gasteiger partial charge in [-0.1, -0.05) is 0 Å². The van der Waals surface area contributed by atoms with Crippen molar-refractivity contribution in [2.75, 3.05) is 0 Å². The maximum atomic E-state index is 10.2. The largest absolute Gasteiger partial charge is 0.369 e. The van der Waals surface area contributed by atoms with Gasteiger partial charge in [-0.3, -0.25) is 10.1 Å². The molecule has 0 saturated heterocycles. The number of nitrogens with zero attached hydrogens (tertiary/aromatic N) is 4. The fraction of sp³-hybridized carbons (Fsp3) is 0.182. The second-order valence-corrected chi connectivity index (χ2v) is 3.53. The van der Waals surface area contributed by atoms with Crippen molar-refractivity contribution in [1.82, 2.24) is 10.3 Å². The SMILES string of the molecule is CC(N)C(N=C(N)NC=O)=Nc1ccc(C#N)cn1. The van der Waals surface area contributed by atoms with E-state index >= 15 is 0 Å². The summed E-state index contributed by atoms with van der Waals surface area (Å²) < 4.78 is 0. The molecule has 0 aliphatic rings. The summed E-state index contributed by atoms with van der Waals surface area (Å²) in [5, 5.41) is 10.8. The highest BCUT2D eigenvalue weighted by molar-refractivity contribution is 6.01. The second-order valence-electron chi connectivity index (χ2n) is 3.53. The minimum absolute atomic E-state index is 0.111. The van der Waals surface area contributed by atoms with E-state index in [0.717, 1.165) is 0 Å². The molecule has 8 nitrogen and oxygen atoms in total. The van der Waals surface area contributed by atoms with E-state index in [-0.39, 0.29) is 11.8 Å². The molecular weight excluding hydrogens is 246 g/mol. The van der Waals surface area contributed by atoms with Crippen molar-refractivity contribution in [1.29, 1.82) is 5.26 Å². The van der Waals surface area contributed by atoms with Crippen LogP contribution < -0.4 is 16.8 Å². The number of carbonyl (C=O) groups excluding carboxylic acids is 1. The maximum Gasteiger partial charge on any atom is 0.213 e. The van der Waals surface area contributed by atoms with Gasteiger partial charge in [0.25, 0.3) is 0 Å². The lowest BCUT2D eigenvalue weighted by Gasteiger charge is -2.06. The molecule has 0 radical (unpaired) electrons. The van der Waals surface area contributed by atoms with Gasteiger partial charge in [0, 0.05) is 6.20 Å². The molecule has 0 aliphatic carbocycles. The Morgan fingerprint density at radius 3 is 2.84 bits per heavy atom. The minimum Gasteiger partial charge on any atom is -0.369 e. The van der Waals surface area contributed by atoms with E-state index in [0.29, 0.717) is 17.8 Å². The Kier molecular flexibility index (Phi) is 5.13. The van der Waals surface area contributed by atoms with Gasteiger partial charge in [0.1, 0.15) is 6.07 Å². The zero-order chi connectivity index (χ0) is 14.3. The zero-order valence-corrected chi connectivity index (χ0v) is 10.2. The first-order valence-electron chi connectivity index (χ1n) is 5.31. The van der Waals surface area contributed by atoms with Crippen molar-refractivity contribution in [3.8, 4) is 6.07 Å². The number of hydrogen-bond acceptors (Lipinski definition) is 5. The van der Waals surface area contributed by atoms with Gasteiger partial charge in [-0.15, -0.1) is 0 Å².